The van der Waals surface area contributed by atoms with Crippen LogP contribution < -0.4 is 10.6 Å². The van der Waals surface area contributed by atoms with Gasteiger partial charge in [0.25, 0.3) is 0 Å². The highest BCUT2D eigenvalue weighted by Gasteiger charge is 2.17. The SMILES string of the molecule is Cn1cc(N(Cc2cc(F)ccc2Cl)c2ncc(-c3ccc(CC(N)=O)cc3)cn2)cn1. The number of amides is 1. The van der Waals surface area contributed by atoms with E-state index in [1.807, 2.05) is 42.4 Å². The van der Waals surface area contributed by atoms with Crippen LogP contribution in [0.4, 0.5) is 16.0 Å². The predicted molar refractivity (Wildman–Crippen MR) is 121 cm³/mol. The molecule has 0 saturated heterocycles. The molecule has 2 N–H and O–H groups in total. The Balaban J connectivity index is 1.63. The van der Waals surface area contributed by atoms with Crippen LogP contribution >= 0.6 is 11.6 Å². The number of rotatable bonds is 7. The molecule has 0 bridgehead atoms. The fraction of sp³-hybridized carbons (Fsp3) is 0.130. The van der Waals surface area contributed by atoms with Crippen molar-refractivity contribution in [3.05, 3.63) is 89.2 Å². The average molecular weight is 451 g/mol. The summed E-state index contributed by atoms with van der Waals surface area (Å²) >= 11 is 6.29. The molecule has 0 atom stereocenters. The summed E-state index contributed by atoms with van der Waals surface area (Å²) in [7, 11) is 1.81. The maximum absolute atomic E-state index is 13.8. The van der Waals surface area contributed by atoms with Crippen molar-refractivity contribution < 1.29 is 9.18 Å². The van der Waals surface area contributed by atoms with Gasteiger partial charge in [0, 0.05) is 36.2 Å². The number of nitrogens with two attached hydrogens (primary N) is 1. The minimum Gasteiger partial charge on any atom is -0.369 e. The van der Waals surface area contributed by atoms with Crippen molar-refractivity contribution in [3.63, 3.8) is 0 Å². The van der Waals surface area contributed by atoms with E-state index < -0.39 is 0 Å². The van der Waals surface area contributed by atoms with Gasteiger partial charge in [-0.05, 0) is 34.9 Å². The van der Waals surface area contributed by atoms with Crippen molar-refractivity contribution in [1.82, 2.24) is 19.7 Å². The van der Waals surface area contributed by atoms with Crippen LogP contribution in [-0.4, -0.2) is 25.7 Å². The van der Waals surface area contributed by atoms with Crippen molar-refractivity contribution in [1.29, 1.82) is 0 Å². The molecule has 0 unspecified atom stereocenters. The van der Waals surface area contributed by atoms with E-state index in [2.05, 4.69) is 15.1 Å². The Hall–Kier alpha value is -3.78. The molecule has 4 rings (SSSR count). The zero-order chi connectivity index (χ0) is 22.7. The molecule has 9 heteroatoms. The summed E-state index contributed by atoms with van der Waals surface area (Å²) in [5, 5.41) is 4.67. The summed E-state index contributed by atoms with van der Waals surface area (Å²) in [6, 6.07) is 11.7. The molecule has 0 aliphatic heterocycles. The van der Waals surface area contributed by atoms with E-state index in [0.717, 1.165) is 22.4 Å². The topological polar surface area (TPSA) is 89.9 Å². The number of hydrogen-bond donors (Lipinski definition) is 1. The number of aromatic nitrogens is 4. The van der Waals surface area contributed by atoms with Gasteiger partial charge in [-0.1, -0.05) is 35.9 Å². The van der Waals surface area contributed by atoms with E-state index >= 15 is 0 Å². The van der Waals surface area contributed by atoms with Gasteiger partial charge < -0.3 is 10.6 Å². The minimum absolute atomic E-state index is 0.193. The van der Waals surface area contributed by atoms with Gasteiger partial charge in [-0.25, -0.2) is 14.4 Å². The first-order valence-electron chi connectivity index (χ1n) is 9.79. The van der Waals surface area contributed by atoms with Crippen molar-refractivity contribution in [2.75, 3.05) is 4.90 Å². The third-order valence-corrected chi connectivity index (χ3v) is 5.25. The van der Waals surface area contributed by atoms with E-state index in [4.69, 9.17) is 17.3 Å². The number of carbonyl (C=O) groups excluding carboxylic acids is 1. The molecule has 0 spiro atoms. The largest absolute Gasteiger partial charge is 0.369 e. The van der Waals surface area contributed by atoms with Crippen LogP contribution in [0.1, 0.15) is 11.1 Å². The lowest BCUT2D eigenvalue weighted by Crippen LogP contribution is -2.19. The Labute approximate surface area is 189 Å². The fourth-order valence-electron chi connectivity index (χ4n) is 3.29. The summed E-state index contributed by atoms with van der Waals surface area (Å²) in [4.78, 5) is 21.9. The maximum atomic E-state index is 13.8. The molecule has 7 nitrogen and oxygen atoms in total. The Morgan fingerprint density at radius 1 is 1.09 bits per heavy atom. The zero-order valence-corrected chi connectivity index (χ0v) is 18.0. The van der Waals surface area contributed by atoms with Crippen molar-refractivity contribution in [2.24, 2.45) is 12.8 Å². The Kier molecular flexibility index (Phi) is 6.13. The second-order valence-corrected chi connectivity index (χ2v) is 7.71. The molecule has 0 fully saturated rings. The number of benzene rings is 2. The van der Waals surface area contributed by atoms with E-state index in [-0.39, 0.29) is 24.7 Å². The van der Waals surface area contributed by atoms with Crippen LogP contribution in [0.2, 0.25) is 5.02 Å². The van der Waals surface area contributed by atoms with Crippen molar-refractivity contribution in [2.45, 2.75) is 13.0 Å². The van der Waals surface area contributed by atoms with Crippen molar-refractivity contribution in [3.8, 4) is 11.1 Å². The summed E-state index contributed by atoms with van der Waals surface area (Å²) in [6.07, 6.45) is 7.12. The van der Waals surface area contributed by atoms with Crippen LogP contribution in [0.25, 0.3) is 11.1 Å². The van der Waals surface area contributed by atoms with Crippen molar-refractivity contribution >= 4 is 29.1 Å². The van der Waals surface area contributed by atoms with Crippen LogP contribution in [0.3, 0.4) is 0 Å². The third-order valence-electron chi connectivity index (χ3n) is 4.88. The second kappa shape index (κ2) is 9.15. The van der Waals surface area contributed by atoms with Gasteiger partial charge in [0.05, 0.1) is 24.8 Å². The van der Waals surface area contributed by atoms with E-state index in [0.29, 0.717) is 16.5 Å². The van der Waals surface area contributed by atoms with Gasteiger partial charge >= 0.3 is 0 Å². The Morgan fingerprint density at radius 3 is 2.44 bits per heavy atom. The van der Waals surface area contributed by atoms with E-state index in [1.54, 1.807) is 23.3 Å². The average Bonchev–Trinajstić information content (AvgIpc) is 3.20. The number of hydrogen-bond acceptors (Lipinski definition) is 5. The molecule has 0 aliphatic carbocycles. The first-order valence-corrected chi connectivity index (χ1v) is 10.2. The highest BCUT2D eigenvalue weighted by atomic mass is 35.5. The lowest BCUT2D eigenvalue weighted by atomic mass is 10.1. The summed E-state index contributed by atoms with van der Waals surface area (Å²) in [5.74, 6) is -0.321. The Bertz CT molecular complexity index is 1240. The molecule has 0 saturated carbocycles. The molecule has 2 heterocycles. The van der Waals surface area contributed by atoms with E-state index in [1.165, 1.54) is 18.2 Å². The molecule has 2 aromatic carbocycles. The lowest BCUT2D eigenvalue weighted by Gasteiger charge is -2.21. The molecular weight excluding hydrogens is 431 g/mol. The standard InChI is InChI=1S/C23H20ClFN6O/c1-30-14-20(12-29-30)31(13-17-9-19(25)6-7-21(17)24)23-27-10-18(11-28-23)16-4-2-15(3-5-16)8-22(26)32/h2-7,9-12,14H,8,13H2,1H3,(H2,26,32). The maximum Gasteiger partial charge on any atom is 0.230 e. The zero-order valence-electron chi connectivity index (χ0n) is 17.2. The monoisotopic (exact) mass is 450 g/mol. The number of halogens is 2. The molecule has 0 radical (unpaired) electrons. The van der Waals surface area contributed by atoms with Gasteiger partial charge in [-0.3, -0.25) is 9.48 Å². The number of carbonyl (C=O) groups is 1. The summed E-state index contributed by atoms with van der Waals surface area (Å²) < 4.78 is 15.5. The van der Waals surface area contributed by atoms with E-state index in [9.17, 15) is 9.18 Å². The predicted octanol–water partition coefficient (Wildman–Crippen LogP) is 4.04. The van der Waals surface area contributed by atoms with Gasteiger partial charge in [-0.15, -0.1) is 0 Å². The number of aryl methyl sites for hydroxylation is 1. The smallest absolute Gasteiger partial charge is 0.230 e. The molecule has 4 aromatic rings. The van der Waals surface area contributed by atoms with Crippen LogP contribution in [-0.2, 0) is 24.8 Å². The first kappa shape index (κ1) is 21.5. The van der Waals surface area contributed by atoms with Crippen LogP contribution in [0.5, 0.6) is 0 Å². The molecule has 2 aromatic heterocycles. The highest BCUT2D eigenvalue weighted by Crippen LogP contribution is 2.28. The molecule has 0 aliphatic rings. The summed E-state index contributed by atoms with van der Waals surface area (Å²) in [5.41, 5.74) is 9.16. The number of primary amides is 1. The summed E-state index contributed by atoms with van der Waals surface area (Å²) in [6.45, 7) is 0.267. The fourth-order valence-corrected chi connectivity index (χ4v) is 3.46. The second-order valence-electron chi connectivity index (χ2n) is 7.31. The molecule has 32 heavy (non-hydrogen) atoms. The quantitative estimate of drug-likeness (QED) is 0.459. The minimum atomic E-state index is -0.376. The van der Waals surface area contributed by atoms with Gasteiger partial charge in [0.2, 0.25) is 11.9 Å². The molecule has 162 valence electrons. The van der Waals surface area contributed by atoms with Gasteiger partial charge in [0.1, 0.15) is 5.82 Å². The number of nitrogens with zero attached hydrogens (tertiary/aromatic N) is 5. The van der Waals surface area contributed by atoms with Crippen LogP contribution in [0.15, 0.2) is 67.3 Å². The highest BCUT2D eigenvalue weighted by molar-refractivity contribution is 6.31. The van der Waals surface area contributed by atoms with Gasteiger partial charge in [-0.2, -0.15) is 5.10 Å². The molecule has 1 amide bonds. The molecular formula is C23H20ClFN6O. The van der Waals surface area contributed by atoms with Crippen LogP contribution in [0, 0.1) is 5.82 Å². The first-order chi connectivity index (χ1) is 15.4. The lowest BCUT2D eigenvalue weighted by molar-refractivity contribution is -0.117. The van der Waals surface area contributed by atoms with Gasteiger partial charge in [0.15, 0.2) is 0 Å². The normalized spacial score (nSPS) is 10.8. The number of anilines is 2. The Morgan fingerprint density at radius 2 is 1.81 bits per heavy atom. The third kappa shape index (κ3) is 4.92.